The number of fused-ring (bicyclic) bond motifs is 1. The maximum Gasteiger partial charge on any atom is 0.272 e. The van der Waals surface area contributed by atoms with E-state index in [2.05, 4.69) is 36.3 Å². The van der Waals surface area contributed by atoms with Gasteiger partial charge in [-0.25, -0.2) is 0 Å². The summed E-state index contributed by atoms with van der Waals surface area (Å²) in [5.41, 5.74) is 1.38. The minimum atomic E-state index is -0.0707. The third kappa shape index (κ3) is 3.22. The van der Waals surface area contributed by atoms with Crippen LogP contribution in [-0.2, 0) is 0 Å². The van der Waals surface area contributed by atoms with Crippen LogP contribution in [0.5, 0.6) is 0 Å². The number of carbonyl (C=O) groups excluding carboxylic acids is 1. The van der Waals surface area contributed by atoms with Crippen molar-refractivity contribution in [1.82, 2.24) is 20.4 Å². The van der Waals surface area contributed by atoms with Crippen LogP contribution in [0.4, 0.5) is 0 Å². The van der Waals surface area contributed by atoms with Crippen molar-refractivity contribution in [3.8, 4) is 0 Å². The van der Waals surface area contributed by atoms with Crippen molar-refractivity contribution in [2.45, 2.75) is 50.6 Å². The molecule has 4 rings (SSSR count). The minimum Gasteiger partial charge on any atom is -0.348 e. The molecule has 128 valence electrons. The molecule has 1 saturated heterocycles. The summed E-state index contributed by atoms with van der Waals surface area (Å²) < 4.78 is 0.954. The normalized spacial score (nSPS) is 20.7. The molecule has 2 N–H and O–H groups in total. The van der Waals surface area contributed by atoms with Crippen molar-refractivity contribution >= 4 is 32.7 Å². The number of piperidine rings is 1. The largest absolute Gasteiger partial charge is 0.348 e. The second-order valence-electron chi connectivity index (χ2n) is 6.98. The predicted octanol–water partition coefficient (Wildman–Crippen LogP) is 3.46. The zero-order valence-electron chi connectivity index (χ0n) is 13.7. The smallest absolute Gasteiger partial charge is 0.272 e. The second kappa shape index (κ2) is 6.84. The number of halogens is 1. The van der Waals surface area contributed by atoms with E-state index in [1.807, 2.05) is 18.2 Å². The van der Waals surface area contributed by atoms with Crippen LogP contribution in [0, 0.1) is 0 Å². The summed E-state index contributed by atoms with van der Waals surface area (Å²) in [4.78, 5) is 15.2. The van der Waals surface area contributed by atoms with E-state index in [-0.39, 0.29) is 11.9 Å². The lowest BCUT2D eigenvalue weighted by molar-refractivity contribution is 0.0889. The molecule has 0 radical (unpaired) electrons. The van der Waals surface area contributed by atoms with Crippen molar-refractivity contribution in [1.29, 1.82) is 0 Å². The molecule has 1 aromatic heterocycles. The number of nitrogens with one attached hydrogen (secondary N) is 2. The Morgan fingerprint density at radius 3 is 2.71 bits per heavy atom. The Hall–Kier alpha value is -1.40. The monoisotopic (exact) mass is 390 g/mol. The Morgan fingerprint density at radius 1 is 1.21 bits per heavy atom. The van der Waals surface area contributed by atoms with Crippen molar-refractivity contribution in [2.75, 3.05) is 13.1 Å². The topological polar surface area (TPSA) is 61.0 Å². The Bertz CT molecular complexity index is 730. The molecule has 0 atom stereocenters. The predicted molar refractivity (Wildman–Crippen MR) is 98.1 cm³/mol. The highest BCUT2D eigenvalue weighted by Gasteiger charge is 2.28. The van der Waals surface area contributed by atoms with Gasteiger partial charge in [0.1, 0.15) is 0 Å². The van der Waals surface area contributed by atoms with Crippen LogP contribution in [-0.4, -0.2) is 46.2 Å². The van der Waals surface area contributed by atoms with Crippen LogP contribution in [0.25, 0.3) is 10.9 Å². The van der Waals surface area contributed by atoms with E-state index in [0.29, 0.717) is 5.69 Å². The van der Waals surface area contributed by atoms with E-state index in [4.69, 9.17) is 0 Å². The highest BCUT2D eigenvalue weighted by atomic mass is 79.9. The molecule has 2 aromatic rings. The average Bonchev–Trinajstić information content (AvgIpc) is 3.24. The molecule has 2 heterocycles. The van der Waals surface area contributed by atoms with Gasteiger partial charge in [-0.15, -0.1) is 0 Å². The van der Waals surface area contributed by atoms with E-state index in [0.717, 1.165) is 47.3 Å². The fourth-order valence-corrected chi connectivity index (χ4v) is 4.45. The van der Waals surface area contributed by atoms with E-state index < -0.39 is 0 Å². The summed E-state index contributed by atoms with van der Waals surface area (Å²) in [6.45, 7) is 2.20. The first-order valence-corrected chi connectivity index (χ1v) is 9.68. The van der Waals surface area contributed by atoms with Crippen LogP contribution in [0.15, 0.2) is 22.7 Å². The molecule has 2 fully saturated rings. The number of aromatic nitrogens is 2. The lowest BCUT2D eigenvalue weighted by Gasteiger charge is -2.36. The summed E-state index contributed by atoms with van der Waals surface area (Å²) in [7, 11) is 0. The molecular formula is C18H23BrN4O. The number of likely N-dealkylation sites (tertiary alicyclic amines) is 1. The van der Waals surface area contributed by atoms with Gasteiger partial charge in [-0.1, -0.05) is 28.8 Å². The third-order valence-corrected chi connectivity index (χ3v) is 5.94. The molecule has 1 aromatic carbocycles. The fraction of sp³-hybridized carbons (Fsp3) is 0.556. The number of nitrogens with zero attached hydrogens (tertiary/aromatic N) is 2. The number of hydrogen-bond donors (Lipinski definition) is 2. The zero-order chi connectivity index (χ0) is 16.5. The Labute approximate surface area is 150 Å². The van der Waals surface area contributed by atoms with Gasteiger partial charge in [0.05, 0.1) is 5.52 Å². The summed E-state index contributed by atoms with van der Waals surface area (Å²) in [6.07, 6.45) is 7.53. The van der Waals surface area contributed by atoms with Crippen molar-refractivity contribution in [3.63, 3.8) is 0 Å². The third-order valence-electron chi connectivity index (χ3n) is 5.45. The number of amides is 1. The molecule has 1 saturated carbocycles. The van der Waals surface area contributed by atoms with Gasteiger partial charge in [-0.2, -0.15) is 5.10 Å². The molecule has 5 nitrogen and oxygen atoms in total. The van der Waals surface area contributed by atoms with Crippen molar-refractivity contribution in [2.24, 2.45) is 0 Å². The van der Waals surface area contributed by atoms with Gasteiger partial charge >= 0.3 is 0 Å². The number of aromatic amines is 1. The van der Waals surface area contributed by atoms with E-state index in [1.165, 1.54) is 25.7 Å². The number of benzene rings is 1. The first-order chi connectivity index (χ1) is 11.7. The Balaban J connectivity index is 1.38. The Kier molecular flexibility index (Phi) is 4.59. The van der Waals surface area contributed by atoms with E-state index in [1.54, 1.807) is 0 Å². The summed E-state index contributed by atoms with van der Waals surface area (Å²) >= 11 is 3.46. The fourth-order valence-electron chi connectivity index (χ4n) is 4.09. The minimum absolute atomic E-state index is 0.0707. The van der Waals surface area contributed by atoms with E-state index in [9.17, 15) is 4.79 Å². The Morgan fingerprint density at radius 2 is 1.96 bits per heavy atom. The quantitative estimate of drug-likeness (QED) is 0.843. The van der Waals surface area contributed by atoms with Gasteiger partial charge < -0.3 is 10.2 Å². The van der Waals surface area contributed by atoms with Gasteiger partial charge in [0.15, 0.2) is 5.69 Å². The van der Waals surface area contributed by atoms with Crippen LogP contribution >= 0.6 is 15.9 Å². The molecule has 0 bridgehead atoms. The lowest BCUT2D eigenvalue weighted by atomic mass is 10.0. The highest BCUT2D eigenvalue weighted by Crippen LogP contribution is 2.26. The molecule has 1 aliphatic heterocycles. The van der Waals surface area contributed by atoms with Crippen molar-refractivity contribution in [3.05, 3.63) is 28.4 Å². The molecule has 2 aliphatic rings. The average molecular weight is 391 g/mol. The lowest BCUT2D eigenvalue weighted by Crippen LogP contribution is -2.47. The number of H-pyrrole nitrogens is 1. The van der Waals surface area contributed by atoms with Crippen molar-refractivity contribution < 1.29 is 4.79 Å². The highest BCUT2D eigenvalue weighted by molar-refractivity contribution is 9.10. The molecule has 0 unspecified atom stereocenters. The van der Waals surface area contributed by atoms with Crippen LogP contribution in [0.1, 0.15) is 49.0 Å². The number of hydrogen-bond acceptors (Lipinski definition) is 3. The second-order valence-corrected chi connectivity index (χ2v) is 7.90. The zero-order valence-corrected chi connectivity index (χ0v) is 15.3. The first-order valence-electron chi connectivity index (χ1n) is 8.89. The van der Waals surface area contributed by atoms with Crippen LogP contribution in [0.2, 0.25) is 0 Å². The van der Waals surface area contributed by atoms with Gasteiger partial charge in [0.25, 0.3) is 5.91 Å². The molecule has 1 aliphatic carbocycles. The van der Waals surface area contributed by atoms with Crippen LogP contribution in [0.3, 0.4) is 0 Å². The number of carbonyl (C=O) groups is 1. The maximum atomic E-state index is 12.6. The van der Waals surface area contributed by atoms with Crippen LogP contribution < -0.4 is 5.32 Å². The summed E-state index contributed by atoms with van der Waals surface area (Å²) in [5, 5.41) is 11.2. The molecule has 6 heteroatoms. The summed E-state index contributed by atoms with van der Waals surface area (Å²) in [6, 6.07) is 6.86. The standard InChI is InChI=1S/C18H23BrN4O/c19-12-5-6-16-15(11-12)17(22-21-16)18(24)20-13-7-9-23(10-8-13)14-3-1-2-4-14/h5-6,11,13-14H,1-4,7-10H2,(H,20,24)(H,21,22). The van der Waals surface area contributed by atoms with Gasteiger partial charge in [-0.05, 0) is 43.9 Å². The molecule has 24 heavy (non-hydrogen) atoms. The molecular weight excluding hydrogens is 368 g/mol. The summed E-state index contributed by atoms with van der Waals surface area (Å²) in [5.74, 6) is -0.0707. The van der Waals surface area contributed by atoms with Gasteiger partial charge in [0, 0.05) is 35.0 Å². The first kappa shape index (κ1) is 16.1. The molecule has 1 amide bonds. The SMILES string of the molecule is O=C(NC1CCN(C2CCCC2)CC1)c1n[nH]c2ccc(Br)cc12. The number of rotatable bonds is 3. The van der Waals surface area contributed by atoms with Gasteiger partial charge in [-0.3, -0.25) is 9.89 Å². The molecule has 0 spiro atoms. The maximum absolute atomic E-state index is 12.6. The van der Waals surface area contributed by atoms with E-state index >= 15 is 0 Å². The van der Waals surface area contributed by atoms with Gasteiger partial charge in [0.2, 0.25) is 0 Å².